The highest BCUT2D eigenvalue weighted by Gasteiger charge is 2.28. The van der Waals surface area contributed by atoms with Crippen molar-refractivity contribution in [1.29, 1.82) is 0 Å². The number of pyridine rings is 1. The minimum absolute atomic E-state index is 0.436. The minimum Gasteiger partial charge on any atom is -0.497 e. The van der Waals surface area contributed by atoms with E-state index in [4.69, 9.17) is 15.6 Å². The Kier molecular flexibility index (Phi) is 4.86. The van der Waals surface area contributed by atoms with E-state index in [0.717, 1.165) is 48.5 Å². The lowest BCUT2D eigenvalue weighted by Gasteiger charge is -2.16. The molecular weight excluding hydrogens is 326 g/mol. The molecule has 0 aliphatic carbocycles. The smallest absolute Gasteiger partial charge is 0.158 e. The Hall–Kier alpha value is -2.44. The fraction of sp³-hybridized carbons (Fsp3) is 0.400. The molecule has 1 atom stereocenters. The van der Waals surface area contributed by atoms with E-state index in [0.29, 0.717) is 19.0 Å². The lowest BCUT2D eigenvalue weighted by Crippen LogP contribution is -2.20. The summed E-state index contributed by atoms with van der Waals surface area (Å²) in [5.41, 5.74) is 9.13. The highest BCUT2D eigenvalue weighted by atomic mass is 16.5. The van der Waals surface area contributed by atoms with Gasteiger partial charge in [-0.1, -0.05) is 12.1 Å². The predicted molar refractivity (Wildman–Crippen MR) is 102 cm³/mol. The zero-order chi connectivity index (χ0) is 17.9. The van der Waals surface area contributed by atoms with Crippen LogP contribution in [0.4, 0.5) is 0 Å². The first-order valence-corrected chi connectivity index (χ1v) is 9.15. The Morgan fingerprint density at radius 3 is 3.04 bits per heavy atom. The average Bonchev–Trinajstić information content (AvgIpc) is 3.27. The summed E-state index contributed by atoms with van der Waals surface area (Å²) in [4.78, 5) is 7.00. The zero-order valence-electron chi connectivity index (χ0n) is 15.1. The summed E-state index contributed by atoms with van der Waals surface area (Å²) in [7, 11) is 1.71. The van der Waals surface area contributed by atoms with Gasteiger partial charge in [-0.05, 0) is 42.8 Å². The van der Waals surface area contributed by atoms with E-state index in [9.17, 15) is 0 Å². The summed E-state index contributed by atoms with van der Waals surface area (Å²) in [6, 6.07) is 12.4. The third-order valence-electron chi connectivity index (χ3n) is 5.08. The molecule has 3 heterocycles. The first-order chi connectivity index (χ1) is 12.8. The van der Waals surface area contributed by atoms with Gasteiger partial charge in [0.1, 0.15) is 5.75 Å². The van der Waals surface area contributed by atoms with Crippen LogP contribution in [0.3, 0.4) is 0 Å². The van der Waals surface area contributed by atoms with Gasteiger partial charge in [0.05, 0.1) is 19.3 Å². The maximum absolute atomic E-state index is 5.74. The van der Waals surface area contributed by atoms with Crippen molar-refractivity contribution in [1.82, 2.24) is 19.7 Å². The number of likely N-dealkylation sites (tertiary alicyclic amines) is 1. The van der Waals surface area contributed by atoms with Crippen LogP contribution in [0.25, 0.3) is 11.0 Å². The molecule has 2 N–H and O–H groups in total. The summed E-state index contributed by atoms with van der Waals surface area (Å²) in [5.74, 6) is 1.35. The summed E-state index contributed by atoms with van der Waals surface area (Å²) < 4.78 is 7.29. The van der Waals surface area contributed by atoms with Crippen LogP contribution in [0.2, 0.25) is 0 Å². The lowest BCUT2D eigenvalue weighted by atomic mass is 10.0. The summed E-state index contributed by atoms with van der Waals surface area (Å²) in [5, 5.41) is 6.02. The molecule has 6 nitrogen and oxygen atoms in total. The van der Waals surface area contributed by atoms with Crippen LogP contribution in [0.15, 0.2) is 42.6 Å². The van der Waals surface area contributed by atoms with Crippen molar-refractivity contribution in [3.05, 3.63) is 53.9 Å². The third kappa shape index (κ3) is 3.30. The Bertz CT molecular complexity index is 891. The van der Waals surface area contributed by atoms with Gasteiger partial charge in [0, 0.05) is 37.1 Å². The number of benzene rings is 1. The molecule has 0 radical (unpaired) electrons. The van der Waals surface area contributed by atoms with Gasteiger partial charge in [-0.25, -0.2) is 9.67 Å². The molecule has 1 unspecified atom stereocenters. The van der Waals surface area contributed by atoms with Gasteiger partial charge in [-0.3, -0.25) is 4.90 Å². The molecule has 0 saturated carbocycles. The predicted octanol–water partition coefficient (Wildman–Crippen LogP) is 2.39. The molecule has 1 aliphatic rings. The molecule has 0 spiro atoms. The van der Waals surface area contributed by atoms with Gasteiger partial charge >= 0.3 is 0 Å². The van der Waals surface area contributed by atoms with Crippen LogP contribution in [0.1, 0.15) is 23.6 Å². The second-order valence-electron chi connectivity index (χ2n) is 6.84. The molecule has 0 bridgehead atoms. The Balaban J connectivity index is 1.52. The first-order valence-electron chi connectivity index (χ1n) is 9.15. The third-order valence-corrected chi connectivity index (χ3v) is 5.08. The first kappa shape index (κ1) is 17.0. The molecule has 136 valence electrons. The largest absolute Gasteiger partial charge is 0.497 e. The molecular formula is C20H25N5O. The molecule has 26 heavy (non-hydrogen) atoms. The van der Waals surface area contributed by atoms with E-state index in [1.54, 1.807) is 7.11 Å². The number of fused-ring (bicyclic) bond motifs is 1. The summed E-state index contributed by atoms with van der Waals surface area (Å²) >= 11 is 0. The quantitative estimate of drug-likeness (QED) is 0.738. The van der Waals surface area contributed by atoms with Gasteiger partial charge in [0.25, 0.3) is 0 Å². The maximum Gasteiger partial charge on any atom is 0.158 e. The minimum atomic E-state index is 0.436. The second kappa shape index (κ2) is 7.43. The molecule has 1 aliphatic heterocycles. The van der Waals surface area contributed by atoms with Crippen molar-refractivity contribution in [3.8, 4) is 5.75 Å². The van der Waals surface area contributed by atoms with E-state index >= 15 is 0 Å². The van der Waals surface area contributed by atoms with E-state index in [2.05, 4.69) is 34.1 Å². The highest BCUT2D eigenvalue weighted by Crippen LogP contribution is 2.32. The zero-order valence-corrected chi connectivity index (χ0v) is 15.1. The van der Waals surface area contributed by atoms with Gasteiger partial charge < -0.3 is 10.5 Å². The number of ether oxygens (including phenoxy) is 1. The molecule has 3 aromatic rings. The monoisotopic (exact) mass is 351 g/mol. The van der Waals surface area contributed by atoms with Crippen molar-refractivity contribution in [3.63, 3.8) is 0 Å². The number of nitrogens with zero attached hydrogens (tertiary/aromatic N) is 4. The molecule has 1 aromatic carbocycles. The molecule has 6 heteroatoms. The Morgan fingerprint density at radius 1 is 1.27 bits per heavy atom. The van der Waals surface area contributed by atoms with Crippen molar-refractivity contribution in [2.45, 2.75) is 25.4 Å². The Morgan fingerprint density at radius 2 is 2.19 bits per heavy atom. The normalized spacial score (nSPS) is 17.8. The lowest BCUT2D eigenvalue weighted by molar-refractivity contribution is 0.325. The van der Waals surface area contributed by atoms with Crippen LogP contribution in [-0.2, 0) is 13.1 Å². The SMILES string of the molecule is COc1cccc(CN2CCC(c3nn(CCN)c4ncccc34)C2)c1. The number of hydrogen-bond acceptors (Lipinski definition) is 5. The van der Waals surface area contributed by atoms with Crippen molar-refractivity contribution < 1.29 is 4.74 Å². The molecule has 1 fully saturated rings. The van der Waals surface area contributed by atoms with Gasteiger partial charge in [-0.2, -0.15) is 5.10 Å². The van der Waals surface area contributed by atoms with Crippen LogP contribution in [0.5, 0.6) is 5.75 Å². The molecule has 4 rings (SSSR count). The number of hydrogen-bond donors (Lipinski definition) is 1. The Labute approximate surface area is 153 Å². The van der Waals surface area contributed by atoms with Crippen LogP contribution in [0, 0.1) is 0 Å². The van der Waals surface area contributed by atoms with Crippen LogP contribution >= 0.6 is 0 Å². The average molecular weight is 351 g/mol. The van der Waals surface area contributed by atoms with E-state index in [1.165, 1.54) is 5.56 Å². The highest BCUT2D eigenvalue weighted by molar-refractivity contribution is 5.78. The fourth-order valence-electron chi connectivity index (χ4n) is 3.84. The van der Waals surface area contributed by atoms with Crippen LogP contribution < -0.4 is 10.5 Å². The van der Waals surface area contributed by atoms with Crippen molar-refractivity contribution in [2.75, 3.05) is 26.7 Å². The number of methoxy groups -OCH3 is 1. The van der Waals surface area contributed by atoms with Gasteiger partial charge in [-0.15, -0.1) is 0 Å². The van der Waals surface area contributed by atoms with E-state index < -0.39 is 0 Å². The maximum atomic E-state index is 5.74. The van der Waals surface area contributed by atoms with Crippen LogP contribution in [-0.4, -0.2) is 46.4 Å². The number of rotatable bonds is 6. The number of aromatic nitrogens is 3. The number of nitrogens with two attached hydrogens (primary N) is 1. The van der Waals surface area contributed by atoms with Crippen molar-refractivity contribution >= 4 is 11.0 Å². The van der Waals surface area contributed by atoms with Gasteiger partial charge in [0.15, 0.2) is 5.65 Å². The molecule has 2 aromatic heterocycles. The molecule has 1 saturated heterocycles. The standard InChI is InChI=1S/C20H25N5O/c1-26-17-5-2-4-15(12-17)13-24-10-7-16(14-24)19-18-6-3-9-22-20(18)25(23-19)11-8-21/h2-6,9,12,16H,7-8,10-11,13-14,21H2,1H3. The van der Waals surface area contributed by atoms with Crippen molar-refractivity contribution in [2.24, 2.45) is 5.73 Å². The topological polar surface area (TPSA) is 69.2 Å². The fourth-order valence-corrected chi connectivity index (χ4v) is 3.84. The summed E-state index contributed by atoms with van der Waals surface area (Å²) in [6.07, 6.45) is 2.94. The van der Waals surface area contributed by atoms with E-state index in [1.807, 2.05) is 23.0 Å². The molecule has 0 amide bonds. The summed E-state index contributed by atoms with van der Waals surface area (Å²) in [6.45, 7) is 4.30. The second-order valence-corrected chi connectivity index (χ2v) is 6.84. The van der Waals surface area contributed by atoms with E-state index in [-0.39, 0.29) is 0 Å². The van der Waals surface area contributed by atoms with Gasteiger partial charge in [0.2, 0.25) is 0 Å².